The summed E-state index contributed by atoms with van der Waals surface area (Å²) in [5, 5.41) is 0. The van der Waals surface area contributed by atoms with Crippen LogP contribution >= 0.6 is 0 Å². The van der Waals surface area contributed by atoms with Gasteiger partial charge in [-0.15, -0.1) is 0 Å². The molecule has 0 bridgehead atoms. The van der Waals surface area contributed by atoms with Crippen LogP contribution in [0.15, 0.2) is 18.3 Å². The highest BCUT2D eigenvalue weighted by Crippen LogP contribution is 2.22. The molecule has 5 heteroatoms. The van der Waals surface area contributed by atoms with Crippen LogP contribution in [-0.2, 0) is 0 Å². The third-order valence-electron chi connectivity index (χ3n) is 3.26. The molecular weight excluding hydrogens is 216 g/mol. The van der Waals surface area contributed by atoms with Gasteiger partial charge in [-0.25, -0.2) is 10.8 Å². The number of nitrogens with two attached hydrogens (primary N) is 1. The number of hydrogen-bond acceptors (Lipinski definition) is 4. The lowest BCUT2D eigenvalue weighted by atomic mass is 10.1. The maximum atomic E-state index is 12.3. The Kier molecular flexibility index (Phi) is 3.58. The van der Waals surface area contributed by atoms with Crippen LogP contribution in [0.5, 0.6) is 0 Å². The van der Waals surface area contributed by atoms with Gasteiger partial charge in [-0.05, 0) is 31.4 Å². The van der Waals surface area contributed by atoms with Crippen molar-refractivity contribution < 1.29 is 4.79 Å². The molecule has 5 nitrogen and oxygen atoms in total. The summed E-state index contributed by atoms with van der Waals surface area (Å²) in [6.45, 7) is 2.97. The van der Waals surface area contributed by atoms with Gasteiger partial charge in [0, 0.05) is 24.3 Å². The van der Waals surface area contributed by atoms with Gasteiger partial charge < -0.3 is 10.3 Å². The molecule has 1 aliphatic heterocycles. The molecule has 0 spiro atoms. The van der Waals surface area contributed by atoms with Crippen LogP contribution in [0.25, 0.3) is 0 Å². The first-order valence-electron chi connectivity index (χ1n) is 6.00. The number of anilines is 1. The summed E-state index contributed by atoms with van der Waals surface area (Å²) in [6.07, 6.45) is 4.81. The maximum Gasteiger partial charge on any atom is 0.254 e. The molecule has 1 aliphatic rings. The molecule has 2 rings (SSSR count). The Morgan fingerprint density at radius 2 is 2.53 bits per heavy atom. The Labute approximate surface area is 101 Å². The van der Waals surface area contributed by atoms with Crippen LogP contribution in [0.2, 0.25) is 0 Å². The van der Waals surface area contributed by atoms with Crippen LogP contribution < -0.4 is 11.3 Å². The normalized spacial score (nSPS) is 19.4. The number of carbonyl (C=O) groups is 1. The molecule has 0 aliphatic carbocycles. The summed E-state index contributed by atoms with van der Waals surface area (Å²) in [5.74, 6) is 5.88. The molecule has 0 saturated carbocycles. The lowest BCUT2D eigenvalue weighted by molar-refractivity contribution is 0.0733. The third-order valence-corrected chi connectivity index (χ3v) is 3.26. The highest BCUT2D eigenvalue weighted by Gasteiger charge is 2.27. The first-order valence-corrected chi connectivity index (χ1v) is 6.00. The zero-order chi connectivity index (χ0) is 12.3. The minimum atomic E-state index is 0.0771. The fourth-order valence-corrected chi connectivity index (χ4v) is 2.34. The van der Waals surface area contributed by atoms with Gasteiger partial charge in [-0.1, -0.05) is 6.92 Å². The average Bonchev–Trinajstić information content (AvgIpc) is 2.86. The number of rotatable bonds is 3. The average molecular weight is 234 g/mol. The predicted molar refractivity (Wildman–Crippen MR) is 66.4 cm³/mol. The van der Waals surface area contributed by atoms with Gasteiger partial charge in [-0.3, -0.25) is 4.79 Å². The summed E-state index contributed by atoms with van der Waals surface area (Å²) >= 11 is 0. The van der Waals surface area contributed by atoms with Crippen molar-refractivity contribution in [3.63, 3.8) is 0 Å². The van der Waals surface area contributed by atoms with Crippen molar-refractivity contribution in [2.24, 2.45) is 5.84 Å². The third kappa shape index (κ3) is 2.39. The van der Waals surface area contributed by atoms with Crippen molar-refractivity contribution in [1.29, 1.82) is 0 Å². The Hall–Kier alpha value is -1.62. The maximum absolute atomic E-state index is 12.3. The molecule has 1 saturated heterocycles. The molecule has 3 N–H and O–H groups in total. The molecular formula is C12H18N4O. The van der Waals surface area contributed by atoms with Crippen molar-refractivity contribution >= 4 is 11.7 Å². The van der Waals surface area contributed by atoms with Gasteiger partial charge in [0.1, 0.15) is 5.82 Å². The van der Waals surface area contributed by atoms with E-state index in [1.165, 1.54) is 0 Å². The molecule has 1 aromatic heterocycles. The summed E-state index contributed by atoms with van der Waals surface area (Å²) < 4.78 is 0. The smallest absolute Gasteiger partial charge is 0.254 e. The number of nitrogens with one attached hydrogen (secondary N) is 1. The van der Waals surface area contributed by atoms with Crippen molar-refractivity contribution in [2.45, 2.75) is 32.2 Å². The SMILES string of the molecule is CCC1CCCN1C(=O)c1ccnc(NN)c1. The van der Waals surface area contributed by atoms with E-state index in [9.17, 15) is 4.79 Å². The Bertz CT molecular complexity index is 407. The molecule has 17 heavy (non-hydrogen) atoms. The second-order valence-electron chi connectivity index (χ2n) is 4.28. The standard InChI is InChI=1S/C12H18N4O/c1-2-10-4-3-7-16(10)12(17)9-5-6-14-11(8-9)15-13/h5-6,8,10H,2-4,7,13H2,1H3,(H,14,15). The number of aromatic nitrogens is 1. The lowest BCUT2D eigenvalue weighted by Crippen LogP contribution is -2.35. The highest BCUT2D eigenvalue weighted by molar-refractivity contribution is 5.95. The zero-order valence-electron chi connectivity index (χ0n) is 10.0. The van der Waals surface area contributed by atoms with E-state index in [4.69, 9.17) is 5.84 Å². The number of hydrogen-bond donors (Lipinski definition) is 2. The van der Waals surface area contributed by atoms with E-state index in [0.717, 1.165) is 25.8 Å². The van der Waals surface area contributed by atoms with Gasteiger partial charge in [0.15, 0.2) is 0 Å². The topological polar surface area (TPSA) is 71.2 Å². The van der Waals surface area contributed by atoms with E-state index in [1.807, 2.05) is 4.90 Å². The molecule has 1 aromatic rings. The fourth-order valence-electron chi connectivity index (χ4n) is 2.34. The molecule has 92 valence electrons. The van der Waals surface area contributed by atoms with Crippen LogP contribution in [0, 0.1) is 0 Å². The number of pyridine rings is 1. The van der Waals surface area contributed by atoms with Gasteiger partial charge in [0.25, 0.3) is 5.91 Å². The molecule has 1 atom stereocenters. The van der Waals surface area contributed by atoms with Gasteiger partial charge in [0.2, 0.25) is 0 Å². The summed E-state index contributed by atoms with van der Waals surface area (Å²) in [6, 6.07) is 3.80. The molecule has 0 radical (unpaired) electrons. The van der Waals surface area contributed by atoms with Crippen LogP contribution in [0.1, 0.15) is 36.5 Å². The van der Waals surface area contributed by atoms with Crippen LogP contribution in [-0.4, -0.2) is 28.4 Å². The van der Waals surface area contributed by atoms with Gasteiger partial charge in [-0.2, -0.15) is 0 Å². The van der Waals surface area contributed by atoms with E-state index >= 15 is 0 Å². The van der Waals surface area contributed by atoms with E-state index < -0.39 is 0 Å². The second-order valence-corrected chi connectivity index (χ2v) is 4.28. The van der Waals surface area contributed by atoms with E-state index in [0.29, 0.717) is 17.4 Å². The molecule has 0 aromatic carbocycles. The quantitative estimate of drug-likeness (QED) is 0.612. The summed E-state index contributed by atoms with van der Waals surface area (Å²) in [5.41, 5.74) is 3.10. The second kappa shape index (κ2) is 5.14. The first-order chi connectivity index (χ1) is 8.26. The number of amides is 1. The Morgan fingerprint density at radius 3 is 3.24 bits per heavy atom. The highest BCUT2D eigenvalue weighted by atomic mass is 16.2. The molecule has 1 fully saturated rings. The molecule has 2 heterocycles. The number of nitrogen functional groups attached to an aromatic ring is 1. The van der Waals surface area contributed by atoms with Gasteiger partial charge >= 0.3 is 0 Å². The van der Waals surface area contributed by atoms with Gasteiger partial charge in [0.05, 0.1) is 0 Å². The predicted octanol–water partition coefficient (Wildman–Crippen LogP) is 1.38. The summed E-state index contributed by atoms with van der Waals surface area (Å²) in [4.78, 5) is 18.3. The zero-order valence-corrected chi connectivity index (χ0v) is 10.0. The Balaban J connectivity index is 2.18. The van der Waals surface area contributed by atoms with E-state index in [-0.39, 0.29) is 5.91 Å². The number of nitrogens with zero attached hydrogens (tertiary/aromatic N) is 2. The van der Waals surface area contributed by atoms with Crippen molar-refractivity contribution in [2.75, 3.05) is 12.0 Å². The van der Waals surface area contributed by atoms with E-state index in [1.54, 1.807) is 18.3 Å². The monoisotopic (exact) mass is 234 g/mol. The number of hydrazine groups is 1. The van der Waals surface area contributed by atoms with Crippen LogP contribution in [0.4, 0.5) is 5.82 Å². The number of likely N-dealkylation sites (tertiary alicyclic amines) is 1. The lowest BCUT2D eigenvalue weighted by Gasteiger charge is -2.23. The van der Waals surface area contributed by atoms with Crippen molar-refractivity contribution in [1.82, 2.24) is 9.88 Å². The minimum absolute atomic E-state index is 0.0771. The first kappa shape index (κ1) is 11.9. The molecule has 1 unspecified atom stereocenters. The minimum Gasteiger partial charge on any atom is -0.336 e. The fraction of sp³-hybridized carbons (Fsp3) is 0.500. The largest absolute Gasteiger partial charge is 0.336 e. The van der Waals surface area contributed by atoms with Crippen molar-refractivity contribution in [3.05, 3.63) is 23.9 Å². The Morgan fingerprint density at radius 1 is 1.71 bits per heavy atom. The van der Waals surface area contributed by atoms with E-state index in [2.05, 4.69) is 17.3 Å². The molecule has 1 amide bonds. The van der Waals surface area contributed by atoms with Crippen LogP contribution in [0.3, 0.4) is 0 Å². The van der Waals surface area contributed by atoms with Crippen molar-refractivity contribution in [3.8, 4) is 0 Å². The number of carbonyl (C=O) groups excluding carboxylic acids is 1. The summed E-state index contributed by atoms with van der Waals surface area (Å²) in [7, 11) is 0.